The summed E-state index contributed by atoms with van der Waals surface area (Å²) >= 11 is 13.3. The molecule has 0 radical (unpaired) electrons. The number of hydrogen-bond donors (Lipinski definition) is 1. The van der Waals surface area contributed by atoms with Crippen LogP contribution in [0.4, 0.5) is 10.1 Å². The number of hydrogen-bond acceptors (Lipinski definition) is 4. The molecule has 0 bridgehead atoms. The van der Waals surface area contributed by atoms with E-state index in [1.54, 1.807) is 36.4 Å². The van der Waals surface area contributed by atoms with Crippen LogP contribution in [0.1, 0.15) is 18.4 Å². The molecule has 0 saturated heterocycles. The van der Waals surface area contributed by atoms with Gasteiger partial charge in [0, 0.05) is 46.6 Å². The second-order valence-corrected chi connectivity index (χ2v) is 10.4. The summed E-state index contributed by atoms with van der Waals surface area (Å²) in [6.07, 6.45) is 1.70. The second kappa shape index (κ2) is 11.8. The molecule has 0 fully saturated rings. The summed E-state index contributed by atoms with van der Waals surface area (Å²) in [7, 11) is -3.47. The van der Waals surface area contributed by atoms with Crippen LogP contribution in [0.5, 0.6) is 0 Å². The van der Waals surface area contributed by atoms with E-state index in [0.29, 0.717) is 45.8 Å². The highest BCUT2D eigenvalue weighted by Crippen LogP contribution is 2.24. The van der Waals surface area contributed by atoms with E-state index >= 15 is 0 Å². The van der Waals surface area contributed by atoms with Crippen LogP contribution in [0.2, 0.25) is 10.0 Å². The summed E-state index contributed by atoms with van der Waals surface area (Å²) in [5.74, 6) is 0.529. The second-order valence-electron chi connectivity index (χ2n) is 6.52. The minimum atomic E-state index is -3.47. The van der Waals surface area contributed by atoms with Gasteiger partial charge in [0.15, 0.2) is 0 Å². The van der Waals surface area contributed by atoms with E-state index in [2.05, 4.69) is 5.32 Å². The first-order chi connectivity index (χ1) is 14.2. The molecule has 0 heterocycles. The fourth-order valence-corrected chi connectivity index (χ4v) is 4.96. The third-order valence-corrected chi connectivity index (χ3v) is 6.94. The average molecular weight is 493 g/mol. The van der Waals surface area contributed by atoms with Crippen molar-refractivity contribution in [3.05, 3.63) is 63.9 Å². The summed E-state index contributed by atoms with van der Waals surface area (Å²) < 4.78 is 39.1. The average Bonchev–Trinajstić information content (AvgIpc) is 2.67. The molecule has 2 aromatic carbocycles. The van der Waals surface area contributed by atoms with Gasteiger partial charge in [0.1, 0.15) is 5.82 Å². The zero-order valence-electron chi connectivity index (χ0n) is 16.4. The van der Waals surface area contributed by atoms with Gasteiger partial charge in [-0.2, -0.15) is 11.8 Å². The van der Waals surface area contributed by atoms with Crippen molar-refractivity contribution in [3.8, 4) is 0 Å². The van der Waals surface area contributed by atoms with E-state index in [4.69, 9.17) is 23.2 Å². The number of rotatable bonds is 11. The Morgan fingerprint density at radius 1 is 1.17 bits per heavy atom. The summed E-state index contributed by atoms with van der Waals surface area (Å²) in [6, 6.07) is 11.1. The Hall–Kier alpha value is -1.48. The van der Waals surface area contributed by atoms with Gasteiger partial charge in [-0.05, 0) is 42.8 Å². The summed E-state index contributed by atoms with van der Waals surface area (Å²) in [4.78, 5) is 12.0. The number of anilines is 1. The van der Waals surface area contributed by atoms with Gasteiger partial charge in [-0.3, -0.25) is 9.10 Å². The molecule has 2 aromatic rings. The highest BCUT2D eigenvalue weighted by molar-refractivity contribution is 7.98. The molecule has 5 nitrogen and oxygen atoms in total. The Balaban J connectivity index is 1.71. The number of halogens is 3. The van der Waals surface area contributed by atoms with Crippen molar-refractivity contribution in [1.29, 1.82) is 0 Å². The lowest BCUT2D eigenvalue weighted by atomic mass is 10.2. The number of amides is 1. The fraction of sp³-hybridized carbons (Fsp3) is 0.350. The Labute approximate surface area is 191 Å². The van der Waals surface area contributed by atoms with E-state index in [0.717, 1.165) is 6.26 Å². The van der Waals surface area contributed by atoms with E-state index in [1.807, 2.05) is 0 Å². The first kappa shape index (κ1) is 24.8. The van der Waals surface area contributed by atoms with E-state index in [1.165, 1.54) is 22.1 Å². The van der Waals surface area contributed by atoms with Crippen LogP contribution in [0.25, 0.3) is 0 Å². The highest BCUT2D eigenvalue weighted by Gasteiger charge is 2.17. The van der Waals surface area contributed by atoms with Gasteiger partial charge < -0.3 is 5.32 Å². The van der Waals surface area contributed by atoms with Crippen LogP contribution in [0.3, 0.4) is 0 Å². The van der Waals surface area contributed by atoms with Gasteiger partial charge in [0.2, 0.25) is 15.9 Å². The summed E-state index contributed by atoms with van der Waals surface area (Å²) in [5.41, 5.74) is 0.962. The number of benzene rings is 2. The van der Waals surface area contributed by atoms with E-state index < -0.39 is 10.0 Å². The minimum Gasteiger partial charge on any atom is -0.355 e. The van der Waals surface area contributed by atoms with Gasteiger partial charge in [-0.1, -0.05) is 29.3 Å². The number of sulfonamides is 1. The molecular formula is C20H23Cl2FN2O3S2. The topological polar surface area (TPSA) is 66.5 Å². The van der Waals surface area contributed by atoms with Crippen LogP contribution in [-0.4, -0.2) is 39.4 Å². The molecule has 164 valence electrons. The van der Waals surface area contributed by atoms with Crippen LogP contribution < -0.4 is 9.62 Å². The molecular weight excluding hydrogens is 470 g/mol. The number of thioether (sulfide) groups is 1. The van der Waals surface area contributed by atoms with Crippen molar-refractivity contribution in [2.24, 2.45) is 0 Å². The number of nitrogens with zero attached hydrogens (tertiary/aromatic N) is 1. The van der Waals surface area contributed by atoms with Gasteiger partial charge in [-0.25, -0.2) is 12.8 Å². The van der Waals surface area contributed by atoms with Crippen LogP contribution in [-0.2, 0) is 20.6 Å². The van der Waals surface area contributed by atoms with Crippen molar-refractivity contribution in [3.63, 3.8) is 0 Å². The summed E-state index contributed by atoms with van der Waals surface area (Å²) in [6.45, 7) is 0.622. The third-order valence-electron chi connectivity index (χ3n) is 4.16. The van der Waals surface area contributed by atoms with Crippen molar-refractivity contribution in [2.75, 3.05) is 29.4 Å². The van der Waals surface area contributed by atoms with Crippen molar-refractivity contribution in [1.82, 2.24) is 5.32 Å². The molecule has 0 aliphatic carbocycles. The van der Waals surface area contributed by atoms with E-state index in [-0.39, 0.29) is 24.7 Å². The molecule has 0 saturated carbocycles. The van der Waals surface area contributed by atoms with Gasteiger partial charge >= 0.3 is 0 Å². The van der Waals surface area contributed by atoms with Crippen molar-refractivity contribution < 1.29 is 17.6 Å². The smallest absolute Gasteiger partial charge is 0.232 e. The molecule has 0 atom stereocenters. The first-order valence-electron chi connectivity index (χ1n) is 9.19. The maximum atomic E-state index is 13.7. The minimum absolute atomic E-state index is 0.163. The Morgan fingerprint density at radius 2 is 1.87 bits per heavy atom. The standard InChI is InChI=1S/C20H23Cl2FN2O3S2/c1-30(27,28)25(16-9-7-15(21)8-10-16)12-3-6-20(26)24-11-13-29-14-17-18(22)4-2-5-19(17)23/h2,4-5,7-10H,3,6,11-14H2,1H3,(H,24,26). The lowest BCUT2D eigenvalue weighted by Crippen LogP contribution is -2.32. The van der Waals surface area contributed by atoms with Crippen molar-refractivity contribution in [2.45, 2.75) is 18.6 Å². The zero-order valence-corrected chi connectivity index (χ0v) is 19.6. The maximum absolute atomic E-state index is 13.7. The largest absolute Gasteiger partial charge is 0.355 e. The van der Waals surface area contributed by atoms with Gasteiger partial charge in [0.25, 0.3) is 0 Å². The van der Waals surface area contributed by atoms with E-state index in [9.17, 15) is 17.6 Å². The first-order valence-corrected chi connectivity index (χ1v) is 12.9. The number of carbonyl (C=O) groups is 1. The molecule has 0 aliphatic rings. The fourth-order valence-electron chi connectivity index (χ4n) is 2.67. The highest BCUT2D eigenvalue weighted by atomic mass is 35.5. The lowest BCUT2D eigenvalue weighted by Gasteiger charge is -2.22. The Kier molecular flexibility index (Phi) is 9.74. The molecule has 1 amide bonds. The molecule has 30 heavy (non-hydrogen) atoms. The predicted octanol–water partition coefficient (Wildman–Crippen LogP) is 4.73. The third kappa shape index (κ3) is 7.98. The Morgan fingerprint density at radius 3 is 2.50 bits per heavy atom. The number of nitrogens with one attached hydrogen (secondary N) is 1. The molecule has 0 aliphatic heterocycles. The maximum Gasteiger partial charge on any atom is 0.232 e. The molecule has 0 unspecified atom stereocenters. The van der Waals surface area contributed by atoms with Crippen LogP contribution >= 0.6 is 35.0 Å². The Bertz CT molecular complexity index is 937. The predicted molar refractivity (Wildman–Crippen MR) is 123 cm³/mol. The molecule has 1 N–H and O–H groups in total. The van der Waals surface area contributed by atoms with Crippen molar-refractivity contribution >= 4 is 56.6 Å². The monoisotopic (exact) mass is 492 g/mol. The van der Waals surface area contributed by atoms with Crippen LogP contribution in [0.15, 0.2) is 42.5 Å². The number of carbonyl (C=O) groups excluding carboxylic acids is 1. The quantitative estimate of drug-likeness (QED) is 0.460. The summed E-state index contributed by atoms with van der Waals surface area (Å²) in [5, 5.41) is 3.69. The lowest BCUT2D eigenvalue weighted by molar-refractivity contribution is -0.121. The van der Waals surface area contributed by atoms with Gasteiger partial charge in [-0.15, -0.1) is 0 Å². The SMILES string of the molecule is CS(=O)(=O)N(CCCC(=O)NCCSCc1c(F)cccc1Cl)c1ccc(Cl)cc1. The molecule has 2 rings (SSSR count). The normalized spacial score (nSPS) is 11.3. The molecule has 0 spiro atoms. The molecule has 10 heteroatoms. The zero-order chi connectivity index (χ0) is 22.1. The van der Waals surface area contributed by atoms with Gasteiger partial charge in [0.05, 0.1) is 11.9 Å². The molecule has 0 aromatic heterocycles. The van der Waals surface area contributed by atoms with Crippen LogP contribution in [0, 0.1) is 5.82 Å².